The molecule has 2 aromatic rings. The monoisotopic (exact) mass is 553 g/mol. The van der Waals surface area contributed by atoms with Crippen LogP contribution >= 0.6 is 0 Å². The number of carbonyl (C=O) groups excluding carboxylic acids is 3. The number of rotatable bonds is 13. The Kier molecular flexibility index (Phi) is 11.8. The van der Waals surface area contributed by atoms with E-state index in [2.05, 4.69) is 16.0 Å². The SMILES string of the molecule is COc1cccc(CN[C@@H](CCCNC(=O)OCc2ccccc2)C(=O)N[C@H]2CCC[C@H]2C(=O)OC(C)(C)C)c1. The van der Waals surface area contributed by atoms with Gasteiger partial charge in [-0.25, -0.2) is 4.79 Å². The van der Waals surface area contributed by atoms with Gasteiger partial charge in [-0.2, -0.15) is 0 Å². The molecule has 0 heterocycles. The molecule has 2 amide bonds. The summed E-state index contributed by atoms with van der Waals surface area (Å²) in [5.74, 6) is -0.0580. The van der Waals surface area contributed by atoms with Crippen molar-refractivity contribution in [2.75, 3.05) is 13.7 Å². The average Bonchev–Trinajstić information content (AvgIpc) is 3.39. The van der Waals surface area contributed by atoms with Crippen molar-refractivity contribution in [3.05, 3.63) is 65.7 Å². The van der Waals surface area contributed by atoms with Crippen LogP contribution < -0.4 is 20.7 Å². The van der Waals surface area contributed by atoms with Crippen LogP contribution in [0.2, 0.25) is 0 Å². The molecule has 1 saturated carbocycles. The van der Waals surface area contributed by atoms with Crippen LogP contribution in [0.4, 0.5) is 4.79 Å². The Bertz CT molecular complexity index is 1100. The van der Waals surface area contributed by atoms with Gasteiger partial charge < -0.3 is 30.2 Å². The maximum Gasteiger partial charge on any atom is 0.407 e. The molecular formula is C31H43N3O6. The first-order valence-electron chi connectivity index (χ1n) is 14.0. The number of carbonyl (C=O) groups is 3. The third-order valence-electron chi connectivity index (χ3n) is 6.71. The largest absolute Gasteiger partial charge is 0.497 e. The van der Waals surface area contributed by atoms with Gasteiger partial charge in [0.05, 0.1) is 19.1 Å². The normalized spacial score (nSPS) is 17.5. The molecule has 0 radical (unpaired) electrons. The maximum atomic E-state index is 13.4. The van der Waals surface area contributed by atoms with E-state index in [9.17, 15) is 14.4 Å². The summed E-state index contributed by atoms with van der Waals surface area (Å²) >= 11 is 0. The van der Waals surface area contributed by atoms with Gasteiger partial charge >= 0.3 is 12.1 Å². The molecule has 9 heteroatoms. The lowest BCUT2D eigenvalue weighted by Crippen LogP contribution is -2.50. The van der Waals surface area contributed by atoms with E-state index in [4.69, 9.17) is 14.2 Å². The molecular weight excluding hydrogens is 510 g/mol. The lowest BCUT2D eigenvalue weighted by atomic mass is 10.0. The molecule has 0 aliphatic heterocycles. The molecule has 9 nitrogen and oxygen atoms in total. The van der Waals surface area contributed by atoms with Gasteiger partial charge in [-0.1, -0.05) is 48.9 Å². The van der Waals surface area contributed by atoms with Gasteiger partial charge in [0, 0.05) is 19.1 Å². The van der Waals surface area contributed by atoms with Gasteiger partial charge in [0.2, 0.25) is 5.91 Å². The third kappa shape index (κ3) is 10.5. The molecule has 0 unspecified atom stereocenters. The topological polar surface area (TPSA) is 115 Å². The molecule has 1 aliphatic rings. The third-order valence-corrected chi connectivity index (χ3v) is 6.71. The number of esters is 1. The zero-order valence-electron chi connectivity index (χ0n) is 24.0. The van der Waals surface area contributed by atoms with Gasteiger partial charge in [0.15, 0.2) is 0 Å². The number of ether oxygens (including phenoxy) is 3. The number of alkyl carbamates (subject to hydrolysis) is 1. The van der Waals surface area contributed by atoms with Crippen molar-refractivity contribution in [3.63, 3.8) is 0 Å². The second kappa shape index (κ2) is 15.3. The lowest BCUT2D eigenvalue weighted by Gasteiger charge is -2.27. The highest BCUT2D eigenvalue weighted by Crippen LogP contribution is 2.28. The van der Waals surface area contributed by atoms with Crippen LogP contribution in [-0.2, 0) is 32.2 Å². The minimum Gasteiger partial charge on any atom is -0.497 e. The second-order valence-electron chi connectivity index (χ2n) is 11.1. The fourth-order valence-electron chi connectivity index (χ4n) is 4.70. The number of amides is 2. The Balaban J connectivity index is 1.55. The Labute approximate surface area is 237 Å². The highest BCUT2D eigenvalue weighted by Gasteiger charge is 2.37. The maximum absolute atomic E-state index is 13.4. The quantitative estimate of drug-likeness (QED) is 0.247. The zero-order chi connectivity index (χ0) is 29.0. The Hall–Kier alpha value is -3.59. The molecule has 1 aliphatic carbocycles. The molecule has 0 aromatic heterocycles. The average molecular weight is 554 g/mol. The van der Waals surface area contributed by atoms with Gasteiger partial charge in [-0.15, -0.1) is 0 Å². The van der Waals surface area contributed by atoms with E-state index < -0.39 is 17.7 Å². The van der Waals surface area contributed by atoms with Crippen molar-refractivity contribution in [1.29, 1.82) is 0 Å². The minimum absolute atomic E-state index is 0.171. The first-order valence-corrected chi connectivity index (χ1v) is 14.0. The van der Waals surface area contributed by atoms with E-state index in [0.29, 0.717) is 32.4 Å². The molecule has 218 valence electrons. The number of benzene rings is 2. The van der Waals surface area contributed by atoms with E-state index in [1.807, 2.05) is 75.4 Å². The van der Waals surface area contributed by atoms with Crippen LogP contribution in [0.5, 0.6) is 5.75 Å². The van der Waals surface area contributed by atoms with Crippen LogP contribution in [0.25, 0.3) is 0 Å². The smallest absolute Gasteiger partial charge is 0.407 e. The van der Waals surface area contributed by atoms with Crippen LogP contribution in [0, 0.1) is 5.92 Å². The minimum atomic E-state index is -0.579. The summed E-state index contributed by atoms with van der Waals surface area (Å²) in [7, 11) is 1.61. The summed E-state index contributed by atoms with van der Waals surface area (Å²) in [4.78, 5) is 38.3. The Morgan fingerprint density at radius 3 is 2.48 bits per heavy atom. The molecule has 0 spiro atoms. The van der Waals surface area contributed by atoms with Crippen LogP contribution in [-0.4, -0.2) is 49.3 Å². The van der Waals surface area contributed by atoms with E-state index in [-0.39, 0.29) is 30.4 Å². The highest BCUT2D eigenvalue weighted by molar-refractivity contribution is 5.83. The van der Waals surface area contributed by atoms with E-state index >= 15 is 0 Å². The predicted octanol–water partition coefficient (Wildman–Crippen LogP) is 4.49. The Morgan fingerprint density at radius 1 is 1.00 bits per heavy atom. The predicted molar refractivity (Wildman–Crippen MR) is 153 cm³/mol. The molecule has 0 bridgehead atoms. The van der Waals surface area contributed by atoms with Crippen molar-refractivity contribution < 1.29 is 28.6 Å². The number of hydrogen-bond acceptors (Lipinski definition) is 7. The summed E-state index contributed by atoms with van der Waals surface area (Å²) in [5.41, 5.74) is 1.31. The van der Waals surface area contributed by atoms with Gasteiger partial charge in [0.1, 0.15) is 18.0 Å². The fourth-order valence-corrected chi connectivity index (χ4v) is 4.70. The van der Waals surface area contributed by atoms with Gasteiger partial charge in [0.25, 0.3) is 0 Å². The highest BCUT2D eigenvalue weighted by atomic mass is 16.6. The first-order chi connectivity index (χ1) is 19.1. The summed E-state index contributed by atoms with van der Waals surface area (Å²) in [6, 6.07) is 16.3. The number of nitrogens with one attached hydrogen (secondary N) is 3. The molecule has 40 heavy (non-hydrogen) atoms. The number of methoxy groups -OCH3 is 1. The van der Waals surface area contributed by atoms with Crippen molar-refractivity contribution in [1.82, 2.24) is 16.0 Å². The van der Waals surface area contributed by atoms with Gasteiger partial charge in [-0.05, 0) is 69.7 Å². The van der Waals surface area contributed by atoms with Crippen molar-refractivity contribution in [2.45, 2.75) is 83.7 Å². The lowest BCUT2D eigenvalue weighted by molar-refractivity contribution is -0.160. The van der Waals surface area contributed by atoms with Crippen molar-refractivity contribution >= 4 is 18.0 Å². The van der Waals surface area contributed by atoms with E-state index in [1.54, 1.807) is 7.11 Å². The van der Waals surface area contributed by atoms with Crippen molar-refractivity contribution in [3.8, 4) is 5.75 Å². The summed E-state index contributed by atoms with van der Waals surface area (Å²) < 4.78 is 16.2. The van der Waals surface area contributed by atoms with Gasteiger partial charge in [-0.3, -0.25) is 9.59 Å². The molecule has 3 atom stereocenters. The fraction of sp³-hybridized carbons (Fsp3) is 0.516. The zero-order valence-corrected chi connectivity index (χ0v) is 24.0. The Morgan fingerprint density at radius 2 is 1.75 bits per heavy atom. The summed E-state index contributed by atoms with van der Waals surface area (Å²) in [5, 5.41) is 9.21. The van der Waals surface area contributed by atoms with E-state index in [0.717, 1.165) is 29.7 Å². The second-order valence-corrected chi connectivity index (χ2v) is 11.1. The summed E-state index contributed by atoms with van der Waals surface area (Å²) in [6.45, 7) is 6.55. The molecule has 3 rings (SSSR count). The van der Waals surface area contributed by atoms with Crippen LogP contribution in [0.1, 0.15) is 64.0 Å². The molecule has 3 N–H and O–H groups in total. The molecule has 2 aromatic carbocycles. The first kappa shape index (κ1) is 30.9. The number of hydrogen-bond donors (Lipinski definition) is 3. The van der Waals surface area contributed by atoms with E-state index in [1.165, 1.54) is 0 Å². The van der Waals surface area contributed by atoms with Crippen LogP contribution in [0.3, 0.4) is 0 Å². The molecule has 1 fully saturated rings. The molecule has 0 saturated heterocycles. The standard InChI is InChI=1S/C31H43N3O6/c1-31(2,3)40-29(36)25-15-9-16-26(25)34-28(35)27(33-20-23-13-8-14-24(19-23)38-4)17-10-18-32-30(37)39-21-22-11-6-5-7-12-22/h5-8,11-14,19,25-27,33H,9-10,15-18,20-21H2,1-4H3,(H,32,37)(H,34,35)/t25-,26+,27+/m1/s1. The van der Waals surface area contributed by atoms with Crippen LogP contribution in [0.15, 0.2) is 54.6 Å². The van der Waals surface area contributed by atoms with Crippen molar-refractivity contribution in [2.24, 2.45) is 5.92 Å². The summed E-state index contributed by atoms with van der Waals surface area (Å²) in [6.07, 6.45) is 2.82.